The van der Waals surface area contributed by atoms with E-state index in [1.54, 1.807) is 31.2 Å². The Balaban J connectivity index is 1.61. The highest BCUT2D eigenvalue weighted by Crippen LogP contribution is 2.28. The van der Waals surface area contributed by atoms with E-state index in [-0.39, 0.29) is 17.6 Å². The lowest BCUT2D eigenvalue weighted by atomic mass is 10.0. The fourth-order valence-corrected chi connectivity index (χ4v) is 3.44. The van der Waals surface area contributed by atoms with Gasteiger partial charge in [0.15, 0.2) is 0 Å². The molecule has 10 heteroatoms. The van der Waals surface area contributed by atoms with Crippen LogP contribution in [0.1, 0.15) is 24.4 Å². The van der Waals surface area contributed by atoms with E-state index in [1.165, 1.54) is 6.07 Å². The van der Waals surface area contributed by atoms with Crippen LogP contribution in [0.5, 0.6) is 0 Å². The van der Waals surface area contributed by atoms with Gasteiger partial charge in [-0.2, -0.15) is 22.7 Å². The first-order chi connectivity index (χ1) is 13.3. The molecule has 0 radical (unpaired) electrons. The van der Waals surface area contributed by atoms with Gasteiger partial charge in [0.25, 0.3) is 11.6 Å². The Hall–Kier alpha value is -2.91. The molecule has 1 aliphatic rings. The number of aryl methyl sites for hydroxylation is 1. The fourth-order valence-electron chi connectivity index (χ4n) is 3.44. The summed E-state index contributed by atoms with van der Waals surface area (Å²) >= 11 is 0. The molecule has 4 rings (SSSR count). The van der Waals surface area contributed by atoms with E-state index in [4.69, 9.17) is 0 Å². The first-order valence-electron chi connectivity index (χ1n) is 8.89. The number of nitrogens with zero attached hydrogens (tertiary/aromatic N) is 5. The summed E-state index contributed by atoms with van der Waals surface area (Å²) in [5.74, 6) is -1.26. The molecule has 1 aliphatic heterocycles. The molecule has 3 heterocycles. The molecule has 1 N–H and O–H groups in total. The smallest absolute Gasteiger partial charge is 0.367 e. The fraction of sp³-hybridized carbons (Fsp3) is 0.389. The van der Waals surface area contributed by atoms with Crippen LogP contribution in [0, 0.1) is 12.7 Å². The summed E-state index contributed by atoms with van der Waals surface area (Å²) in [5, 5.41) is 6.80. The van der Waals surface area contributed by atoms with Crippen LogP contribution in [0.3, 0.4) is 0 Å². The van der Waals surface area contributed by atoms with Gasteiger partial charge in [0, 0.05) is 30.9 Å². The van der Waals surface area contributed by atoms with E-state index in [2.05, 4.69) is 20.4 Å². The molecule has 0 aliphatic carbocycles. The van der Waals surface area contributed by atoms with Gasteiger partial charge >= 0.3 is 6.18 Å². The molecule has 1 saturated heterocycles. The third-order valence-corrected chi connectivity index (χ3v) is 4.66. The number of rotatable bonds is 3. The largest absolute Gasteiger partial charge is 0.453 e. The Morgan fingerprint density at radius 2 is 1.96 bits per heavy atom. The lowest BCUT2D eigenvalue weighted by Gasteiger charge is -2.35. The van der Waals surface area contributed by atoms with Crippen molar-refractivity contribution in [1.82, 2.24) is 19.6 Å². The number of hydrogen-bond donors (Lipinski definition) is 1. The average molecular weight is 394 g/mol. The zero-order valence-corrected chi connectivity index (χ0v) is 15.0. The second kappa shape index (κ2) is 6.92. The van der Waals surface area contributed by atoms with Gasteiger partial charge in [0.2, 0.25) is 0 Å². The third kappa shape index (κ3) is 3.58. The molecule has 28 heavy (non-hydrogen) atoms. The summed E-state index contributed by atoms with van der Waals surface area (Å²) in [6.45, 7) is 2.91. The van der Waals surface area contributed by atoms with E-state index in [0.29, 0.717) is 30.3 Å². The highest BCUT2D eigenvalue weighted by atomic mass is 19.4. The van der Waals surface area contributed by atoms with Crippen LogP contribution in [-0.2, 0) is 6.18 Å². The molecule has 0 saturated carbocycles. The first kappa shape index (κ1) is 18.5. The van der Waals surface area contributed by atoms with Gasteiger partial charge in [-0.15, -0.1) is 5.10 Å². The van der Waals surface area contributed by atoms with Gasteiger partial charge in [-0.25, -0.2) is 9.37 Å². The number of aromatic nitrogens is 4. The predicted octanol–water partition coefficient (Wildman–Crippen LogP) is 3.67. The quantitative estimate of drug-likeness (QED) is 0.687. The van der Waals surface area contributed by atoms with Crippen LogP contribution in [-0.4, -0.2) is 38.7 Å². The van der Waals surface area contributed by atoms with E-state index in [9.17, 15) is 17.6 Å². The molecule has 1 unspecified atom stereocenters. The zero-order valence-electron chi connectivity index (χ0n) is 15.0. The summed E-state index contributed by atoms with van der Waals surface area (Å²) in [6, 6.07) is 8.09. The summed E-state index contributed by atoms with van der Waals surface area (Å²) < 4.78 is 54.1. The standard InChI is InChI=1S/C18H18F4N6/c1-11-9-15(28-17(23-11)25-16(26-28)18(20,21)22)24-12-5-4-8-27(10-12)14-7-3-2-6-13(14)19/h2-3,6-7,9,12,24H,4-5,8,10H2,1H3. The molecule has 1 fully saturated rings. The minimum atomic E-state index is -4.65. The minimum Gasteiger partial charge on any atom is -0.367 e. The molecule has 0 spiro atoms. The number of anilines is 2. The molecule has 6 nitrogen and oxygen atoms in total. The summed E-state index contributed by atoms with van der Waals surface area (Å²) in [6.07, 6.45) is -3.02. The molecule has 0 amide bonds. The molecule has 3 aromatic rings. The number of para-hydroxylation sites is 1. The summed E-state index contributed by atoms with van der Waals surface area (Å²) in [7, 11) is 0. The van der Waals surface area contributed by atoms with E-state index in [0.717, 1.165) is 17.4 Å². The van der Waals surface area contributed by atoms with Crippen molar-refractivity contribution in [1.29, 1.82) is 0 Å². The Morgan fingerprint density at radius 1 is 1.18 bits per heavy atom. The van der Waals surface area contributed by atoms with Gasteiger partial charge in [-0.1, -0.05) is 12.1 Å². The SMILES string of the molecule is Cc1cc(NC2CCCN(c3ccccc3F)C2)n2nc(C(F)(F)F)nc2n1. The summed E-state index contributed by atoms with van der Waals surface area (Å²) in [4.78, 5) is 9.45. The number of benzene rings is 1. The maximum absolute atomic E-state index is 14.1. The Labute approximate surface area is 158 Å². The second-order valence-electron chi connectivity index (χ2n) is 6.81. The van der Waals surface area contributed by atoms with Crippen molar-refractivity contribution in [2.24, 2.45) is 0 Å². The van der Waals surface area contributed by atoms with Crippen molar-refractivity contribution in [3.8, 4) is 0 Å². The highest BCUT2D eigenvalue weighted by Gasteiger charge is 2.37. The summed E-state index contributed by atoms with van der Waals surface area (Å²) in [5.41, 5.74) is 1.04. The van der Waals surface area contributed by atoms with Crippen molar-refractivity contribution in [3.63, 3.8) is 0 Å². The Morgan fingerprint density at radius 3 is 2.71 bits per heavy atom. The van der Waals surface area contributed by atoms with Crippen molar-refractivity contribution in [2.45, 2.75) is 32.0 Å². The van der Waals surface area contributed by atoms with Gasteiger partial charge in [0.1, 0.15) is 11.6 Å². The maximum atomic E-state index is 14.1. The third-order valence-electron chi connectivity index (χ3n) is 4.66. The molecule has 148 valence electrons. The number of hydrogen-bond acceptors (Lipinski definition) is 5. The Kier molecular flexibility index (Phi) is 4.56. The van der Waals surface area contributed by atoms with Gasteiger partial charge in [-0.3, -0.25) is 0 Å². The van der Waals surface area contributed by atoms with Gasteiger partial charge in [-0.05, 0) is 31.9 Å². The lowest BCUT2D eigenvalue weighted by Crippen LogP contribution is -2.42. The maximum Gasteiger partial charge on any atom is 0.453 e. The minimum absolute atomic E-state index is 0.0862. The van der Waals surface area contributed by atoms with Crippen LogP contribution in [0.2, 0.25) is 0 Å². The molecule has 1 aromatic carbocycles. The average Bonchev–Trinajstić information content (AvgIpc) is 3.07. The lowest BCUT2D eigenvalue weighted by molar-refractivity contribution is -0.144. The zero-order chi connectivity index (χ0) is 19.9. The van der Waals surface area contributed by atoms with Gasteiger partial charge < -0.3 is 10.2 Å². The number of piperidine rings is 1. The van der Waals surface area contributed by atoms with E-state index in [1.807, 2.05) is 4.90 Å². The number of nitrogens with one attached hydrogen (secondary N) is 1. The molecular weight excluding hydrogens is 376 g/mol. The molecule has 2 aromatic heterocycles. The molecule has 0 bridgehead atoms. The molecular formula is C18H18F4N6. The monoisotopic (exact) mass is 394 g/mol. The van der Waals surface area contributed by atoms with Gasteiger partial charge in [0.05, 0.1) is 5.69 Å². The first-order valence-corrected chi connectivity index (χ1v) is 8.89. The van der Waals surface area contributed by atoms with Crippen LogP contribution in [0.25, 0.3) is 5.78 Å². The number of halogens is 4. The van der Waals surface area contributed by atoms with Crippen molar-refractivity contribution >= 4 is 17.3 Å². The second-order valence-corrected chi connectivity index (χ2v) is 6.81. The van der Waals surface area contributed by atoms with Crippen molar-refractivity contribution in [3.05, 3.63) is 47.7 Å². The van der Waals surface area contributed by atoms with E-state index >= 15 is 0 Å². The van der Waals surface area contributed by atoms with Crippen molar-refractivity contribution in [2.75, 3.05) is 23.3 Å². The number of alkyl halides is 3. The highest BCUT2D eigenvalue weighted by molar-refractivity contribution is 5.50. The van der Waals surface area contributed by atoms with Crippen LogP contribution in [0.15, 0.2) is 30.3 Å². The Bertz CT molecular complexity index is 999. The van der Waals surface area contributed by atoms with Crippen LogP contribution in [0.4, 0.5) is 29.1 Å². The van der Waals surface area contributed by atoms with E-state index < -0.39 is 12.0 Å². The predicted molar refractivity (Wildman–Crippen MR) is 95.8 cm³/mol. The normalized spacial score (nSPS) is 17.9. The number of fused-ring (bicyclic) bond motifs is 1. The van der Waals surface area contributed by atoms with Crippen LogP contribution >= 0.6 is 0 Å². The molecule has 1 atom stereocenters. The van der Waals surface area contributed by atoms with Crippen LogP contribution < -0.4 is 10.2 Å². The topological polar surface area (TPSA) is 58.4 Å². The van der Waals surface area contributed by atoms with Crippen molar-refractivity contribution < 1.29 is 17.6 Å².